The van der Waals surface area contributed by atoms with Gasteiger partial charge in [0.05, 0.1) is 0 Å². The van der Waals surface area contributed by atoms with Gasteiger partial charge in [0.15, 0.2) is 0 Å². The van der Waals surface area contributed by atoms with Crippen molar-refractivity contribution < 1.29 is 0 Å². The van der Waals surface area contributed by atoms with Crippen LogP contribution in [0.1, 0.15) is 57.0 Å². The lowest BCUT2D eigenvalue weighted by molar-refractivity contribution is 0.554. The lowest BCUT2D eigenvalue weighted by Gasteiger charge is -2.20. The molecular formula is C16H23Br. The molecule has 0 saturated heterocycles. The molecule has 2 unspecified atom stereocenters. The van der Waals surface area contributed by atoms with Gasteiger partial charge in [-0.3, -0.25) is 0 Å². The predicted molar refractivity (Wildman–Crippen MR) is 78.7 cm³/mol. The summed E-state index contributed by atoms with van der Waals surface area (Å²) in [5.74, 6) is 0.794. The maximum atomic E-state index is 3.86. The van der Waals surface area contributed by atoms with E-state index < -0.39 is 0 Å². The second-order valence-electron chi connectivity index (χ2n) is 7.07. The van der Waals surface area contributed by atoms with Crippen molar-refractivity contribution in [1.29, 1.82) is 0 Å². The highest BCUT2D eigenvalue weighted by molar-refractivity contribution is 9.09. The number of halogens is 1. The number of benzene rings is 1. The molecular weight excluding hydrogens is 272 g/mol. The van der Waals surface area contributed by atoms with E-state index in [1.54, 1.807) is 0 Å². The van der Waals surface area contributed by atoms with Crippen LogP contribution in [0, 0.1) is 11.3 Å². The first-order chi connectivity index (χ1) is 7.72. The van der Waals surface area contributed by atoms with Crippen molar-refractivity contribution in [3.8, 4) is 0 Å². The normalized spacial score (nSPS) is 24.5. The Morgan fingerprint density at radius 1 is 1.18 bits per heavy atom. The fourth-order valence-corrected chi connectivity index (χ4v) is 3.61. The topological polar surface area (TPSA) is 0 Å². The maximum Gasteiger partial charge on any atom is 0.0428 e. The van der Waals surface area contributed by atoms with Crippen LogP contribution >= 0.6 is 15.9 Å². The molecule has 1 saturated carbocycles. The van der Waals surface area contributed by atoms with Gasteiger partial charge in [-0.15, -0.1) is 0 Å². The highest BCUT2D eigenvalue weighted by Crippen LogP contribution is 2.60. The Bertz CT molecular complexity index is 395. The summed E-state index contributed by atoms with van der Waals surface area (Å²) in [4.78, 5) is 0.520. The molecule has 1 aliphatic carbocycles. The summed E-state index contributed by atoms with van der Waals surface area (Å²) in [6.45, 7) is 11.5. The molecule has 2 rings (SSSR count). The first kappa shape index (κ1) is 13.1. The molecule has 1 fully saturated rings. The van der Waals surface area contributed by atoms with Crippen molar-refractivity contribution in [2.45, 2.75) is 51.3 Å². The summed E-state index contributed by atoms with van der Waals surface area (Å²) in [5.41, 5.74) is 3.61. The van der Waals surface area contributed by atoms with Crippen molar-refractivity contribution in [3.05, 3.63) is 35.4 Å². The first-order valence-electron chi connectivity index (χ1n) is 6.46. The second kappa shape index (κ2) is 4.12. The van der Waals surface area contributed by atoms with E-state index in [4.69, 9.17) is 0 Å². The third-order valence-corrected chi connectivity index (χ3v) is 5.20. The van der Waals surface area contributed by atoms with Gasteiger partial charge in [0.1, 0.15) is 0 Å². The van der Waals surface area contributed by atoms with Crippen LogP contribution in [0.4, 0.5) is 0 Å². The number of alkyl halides is 1. The Labute approximate surface area is 114 Å². The van der Waals surface area contributed by atoms with Crippen LogP contribution in [0.2, 0.25) is 0 Å². The quantitative estimate of drug-likeness (QED) is 0.635. The molecule has 0 amide bonds. The molecule has 1 aliphatic rings. The van der Waals surface area contributed by atoms with E-state index in [2.05, 4.69) is 74.8 Å². The molecule has 0 aliphatic heterocycles. The summed E-state index contributed by atoms with van der Waals surface area (Å²) in [7, 11) is 0. The minimum atomic E-state index is 0.249. The number of hydrogen-bond donors (Lipinski definition) is 0. The lowest BCUT2D eigenvalue weighted by Crippen LogP contribution is -2.11. The highest BCUT2D eigenvalue weighted by atomic mass is 79.9. The van der Waals surface area contributed by atoms with Crippen molar-refractivity contribution in [2.24, 2.45) is 11.3 Å². The van der Waals surface area contributed by atoms with Gasteiger partial charge >= 0.3 is 0 Å². The van der Waals surface area contributed by atoms with Crippen molar-refractivity contribution >= 4 is 15.9 Å². The molecule has 94 valence electrons. The molecule has 17 heavy (non-hydrogen) atoms. The number of hydrogen-bond acceptors (Lipinski definition) is 0. The first-order valence-corrected chi connectivity index (χ1v) is 7.38. The third kappa shape index (κ3) is 2.76. The molecule has 1 aromatic rings. The maximum absolute atomic E-state index is 3.86. The van der Waals surface area contributed by atoms with E-state index in [1.807, 2.05) is 0 Å². The van der Waals surface area contributed by atoms with E-state index in [9.17, 15) is 0 Å². The summed E-state index contributed by atoms with van der Waals surface area (Å²) in [6, 6.07) is 9.13. The molecule has 1 heteroatoms. The van der Waals surface area contributed by atoms with Crippen LogP contribution in [-0.4, -0.2) is 0 Å². The lowest BCUT2D eigenvalue weighted by atomic mass is 9.86. The SMILES string of the molecule is CC(C)(C)c1ccc(C(Br)C2CC2(C)C)cc1. The molecule has 0 nitrogen and oxygen atoms in total. The van der Waals surface area contributed by atoms with Crippen molar-refractivity contribution in [2.75, 3.05) is 0 Å². The fraction of sp³-hybridized carbons (Fsp3) is 0.625. The molecule has 0 N–H and O–H groups in total. The minimum absolute atomic E-state index is 0.249. The number of rotatable bonds is 2. The average molecular weight is 295 g/mol. The smallest absolute Gasteiger partial charge is 0.0428 e. The Kier molecular flexibility index (Phi) is 3.18. The van der Waals surface area contributed by atoms with E-state index in [-0.39, 0.29) is 5.41 Å². The highest BCUT2D eigenvalue weighted by Gasteiger charge is 2.49. The molecule has 0 aromatic heterocycles. The zero-order valence-electron chi connectivity index (χ0n) is 11.5. The molecule has 1 aromatic carbocycles. The molecule has 0 radical (unpaired) electrons. The Hall–Kier alpha value is -0.300. The van der Waals surface area contributed by atoms with Gasteiger partial charge in [0, 0.05) is 4.83 Å². The van der Waals surface area contributed by atoms with Gasteiger partial charge < -0.3 is 0 Å². The summed E-state index contributed by atoms with van der Waals surface area (Å²) in [5, 5.41) is 0. The standard InChI is InChI=1S/C16H23Br/c1-15(2,3)12-8-6-11(7-9-12)14(17)13-10-16(13,4)5/h6-9,13-14H,10H2,1-5H3. The average Bonchev–Trinajstić information content (AvgIpc) is 2.86. The molecule has 2 atom stereocenters. The van der Waals surface area contributed by atoms with Crippen molar-refractivity contribution in [3.63, 3.8) is 0 Å². The zero-order valence-corrected chi connectivity index (χ0v) is 13.1. The summed E-state index contributed by atoms with van der Waals surface area (Å²) >= 11 is 3.86. The minimum Gasteiger partial charge on any atom is -0.0836 e. The summed E-state index contributed by atoms with van der Waals surface area (Å²) < 4.78 is 0. The van der Waals surface area contributed by atoms with Gasteiger partial charge in [-0.25, -0.2) is 0 Å². The fourth-order valence-electron chi connectivity index (χ4n) is 2.41. The van der Waals surface area contributed by atoms with E-state index in [0.29, 0.717) is 10.2 Å². The van der Waals surface area contributed by atoms with Crippen LogP contribution in [0.3, 0.4) is 0 Å². The van der Waals surface area contributed by atoms with Gasteiger partial charge in [-0.2, -0.15) is 0 Å². The Morgan fingerprint density at radius 3 is 2.00 bits per heavy atom. The van der Waals surface area contributed by atoms with Crippen LogP contribution < -0.4 is 0 Å². The van der Waals surface area contributed by atoms with Gasteiger partial charge in [0.25, 0.3) is 0 Å². The second-order valence-corrected chi connectivity index (χ2v) is 8.06. The largest absolute Gasteiger partial charge is 0.0836 e. The van der Waals surface area contributed by atoms with E-state index >= 15 is 0 Å². The van der Waals surface area contributed by atoms with Gasteiger partial charge in [-0.05, 0) is 34.3 Å². The Balaban J connectivity index is 2.14. The van der Waals surface area contributed by atoms with Crippen LogP contribution in [0.5, 0.6) is 0 Å². The predicted octanol–water partition coefficient (Wildman–Crippen LogP) is 5.47. The molecule has 0 heterocycles. The van der Waals surface area contributed by atoms with Gasteiger partial charge in [-0.1, -0.05) is 74.8 Å². The molecule has 0 spiro atoms. The van der Waals surface area contributed by atoms with E-state index in [1.165, 1.54) is 17.5 Å². The monoisotopic (exact) mass is 294 g/mol. The van der Waals surface area contributed by atoms with Crippen LogP contribution in [0.15, 0.2) is 24.3 Å². The third-order valence-electron chi connectivity index (χ3n) is 4.04. The van der Waals surface area contributed by atoms with Crippen LogP contribution in [0.25, 0.3) is 0 Å². The zero-order chi connectivity index (χ0) is 12.8. The van der Waals surface area contributed by atoms with Crippen molar-refractivity contribution in [1.82, 2.24) is 0 Å². The molecule has 0 bridgehead atoms. The van der Waals surface area contributed by atoms with Gasteiger partial charge in [0.2, 0.25) is 0 Å². The van der Waals surface area contributed by atoms with E-state index in [0.717, 1.165) is 5.92 Å². The van der Waals surface area contributed by atoms with Crippen LogP contribution in [-0.2, 0) is 5.41 Å². The summed E-state index contributed by atoms with van der Waals surface area (Å²) in [6.07, 6.45) is 1.34. The Morgan fingerprint density at radius 2 is 1.65 bits per heavy atom.